The van der Waals surface area contributed by atoms with Crippen LogP contribution in [0, 0.1) is 6.92 Å². The summed E-state index contributed by atoms with van der Waals surface area (Å²) in [4.78, 5) is 19.3. The molecule has 2 aromatic rings. The summed E-state index contributed by atoms with van der Waals surface area (Å²) in [7, 11) is 0. The van der Waals surface area contributed by atoms with Crippen LogP contribution in [-0.4, -0.2) is 38.7 Å². The molecule has 23 heavy (non-hydrogen) atoms. The standard InChI is InChI=1S/C14H17F2N5O2/c1-8(2)23-10-4-5-11(17-6-10)12(22)18-7-14(15,16)13-19-9(3)20-21-13/h4-6,8H,7H2,1-3H3,(H,18,22)(H,19,20,21). The first-order valence-electron chi connectivity index (χ1n) is 6.96. The average molecular weight is 325 g/mol. The minimum atomic E-state index is -3.37. The molecule has 2 aromatic heterocycles. The third kappa shape index (κ3) is 4.44. The van der Waals surface area contributed by atoms with Gasteiger partial charge in [-0.25, -0.2) is 9.97 Å². The average Bonchev–Trinajstić information content (AvgIpc) is 2.92. The first kappa shape index (κ1) is 16.8. The first-order valence-corrected chi connectivity index (χ1v) is 6.96. The molecule has 2 N–H and O–H groups in total. The van der Waals surface area contributed by atoms with Gasteiger partial charge in [-0.2, -0.15) is 13.9 Å². The smallest absolute Gasteiger partial charge is 0.325 e. The van der Waals surface area contributed by atoms with Gasteiger partial charge < -0.3 is 10.1 Å². The Labute approximate surface area is 131 Å². The van der Waals surface area contributed by atoms with Crippen LogP contribution in [0.25, 0.3) is 0 Å². The summed E-state index contributed by atoms with van der Waals surface area (Å²) < 4.78 is 33.1. The predicted octanol–water partition coefficient (Wildman–Crippen LogP) is 1.82. The van der Waals surface area contributed by atoms with Crippen LogP contribution in [0.2, 0.25) is 0 Å². The van der Waals surface area contributed by atoms with Crippen molar-refractivity contribution in [1.29, 1.82) is 0 Å². The van der Waals surface area contributed by atoms with Gasteiger partial charge in [-0.3, -0.25) is 9.89 Å². The van der Waals surface area contributed by atoms with Gasteiger partial charge in [0.2, 0.25) is 5.82 Å². The van der Waals surface area contributed by atoms with Gasteiger partial charge in [0.05, 0.1) is 18.8 Å². The number of alkyl halides is 2. The van der Waals surface area contributed by atoms with Crippen molar-refractivity contribution in [2.75, 3.05) is 6.54 Å². The monoisotopic (exact) mass is 325 g/mol. The fourth-order valence-corrected chi connectivity index (χ4v) is 1.72. The normalized spacial score (nSPS) is 11.6. The Morgan fingerprint density at radius 1 is 1.43 bits per heavy atom. The summed E-state index contributed by atoms with van der Waals surface area (Å²) >= 11 is 0. The maximum Gasteiger partial charge on any atom is 0.325 e. The molecule has 2 heterocycles. The van der Waals surface area contributed by atoms with E-state index >= 15 is 0 Å². The number of pyridine rings is 1. The molecule has 0 atom stereocenters. The van der Waals surface area contributed by atoms with Gasteiger partial charge in [0, 0.05) is 0 Å². The lowest BCUT2D eigenvalue weighted by atomic mass is 10.3. The molecule has 0 bridgehead atoms. The van der Waals surface area contributed by atoms with Crippen molar-refractivity contribution in [3.05, 3.63) is 35.7 Å². The second-order valence-corrected chi connectivity index (χ2v) is 5.18. The molecular formula is C14H17F2N5O2. The lowest BCUT2D eigenvalue weighted by molar-refractivity contribution is -0.0111. The van der Waals surface area contributed by atoms with Crippen LogP contribution >= 0.6 is 0 Å². The van der Waals surface area contributed by atoms with Gasteiger partial charge in [0.1, 0.15) is 17.3 Å². The summed E-state index contributed by atoms with van der Waals surface area (Å²) in [5, 5.41) is 7.86. The maximum atomic E-state index is 13.9. The number of carbonyl (C=O) groups is 1. The fourth-order valence-electron chi connectivity index (χ4n) is 1.72. The highest BCUT2D eigenvalue weighted by molar-refractivity contribution is 5.92. The van der Waals surface area contributed by atoms with Crippen LogP contribution < -0.4 is 10.1 Å². The van der Waals surface area contributed by atoms with Crippen LogP contribution in [0.15, 0.2) is 18.3 Å². The van der Waals surface area contributed by atoms with E-state index in [-0.39, 0.29) is 17.6 Å². The number of aryl methyl sites for hydroxylation is 1. The second-order valence-electron chi connectivity index (χ2n) is 5.18. The summed E-state index contributed by atoms with van der Waals surface area (Å²) in [6.45, 7) is 4.30. The van der Waals surface area contributed by atoms with Gasteiger partial charge in [-0.15, -0.1) is 0 Å². The van der Waals surface area contributed by atoms with E-state index in [1.54, 1.807) is 6.07 Å². The lowest BCUT2D eigenvalue weighted by Gasteiger charge is -2.13. The molecule has 0 aliphatic rings. The molecule has 124 valence electrons. The van der Waals surface area contributed by atoms with E-state index in [1.165, 1.54) is 19.2 Å². The van der Waals surface area contributed by atoms with Gasteiger partial charge in [-0.05, 0) is 32.9 Å². The molecule has 7 nitrogen and oxygen atoms in total. The minimum absolute atomic E-state index is 0.0167. The number of halogens is 2. The number of nitrogens with one attached hydrogen (secondary N) is 2. The molecule has 9 heteroatoms. The molecular weight excluding hydrogens is 308 g/mol. The van der Waals surface area contributed by atoms with E-state index in [1.807, 2.05) is 13.8 Å². The molecule has 0 saturated heterocycles. The Bertz CT molecular complexity index is 670. The Kier molecular flexibility index (Phi) is 4.87. The van der Waals surface area contributed by atoms with Crippen molar-refractivity contribution in [3.8, 4) is 5.75 Å². The number of carbonyl (C=O) groups excluding carboxylic acids is 1. The zero-order chi connectivity index (χ0) is 17.0. The fraction of sp³-hybridized carbons (Fsp3) is 0.429. The number of hydrogen-bond donors (Lipinski definition) is 2. The Hall–Kier alpha value is -2.58. The Morgan fingerprint density at radius 3 is 2.70 bits per heavy atom. The van der Waals surface area contributed by atoms with Crippen molar-refractivity contribution in [1.82, 2.24) is 25.5 Å². The largest absolute Gasteiger partial charge is 0.489 e. The van der Waals surface area contributed by atoms with Gasteiger partial charge in [0.15, 0.2) is 0 Å². The SMILES string of the molecule is Cc1nc(C(F)(F)CNC(=O)c2ccc(OC(C)C)cn2)n[nH]1. The third-order valence-corrected chi connectivity index (χ3v) is 2.74. The molecule has 0 unspecified atom stereocenters. The number of aromatic nitrogens is 4. The van der Waals surface area contributed by atoms with E-state index in [4.69, 9.17) is 4.74 Å². The summed E-state index contributed by atoms with van der Waals surface area (Å²) in [6.07, 6.45) is 1.34. The number of nitrogens with zero attached hydrogens (tertiary/aromatic N) is 3. The highest BCUT2D eigenvalue weighted by Gasteiger charge is 2.36. The van der Waals surface area contributed by atoms with Crippen LogP contribution in [0.1, 0.15) is 36.0 Å². The molecule has 2 rings (SSSR count). The second kappa shape index (κ2) is 6.67. The van der Waals surface area contributed by atoms with Crippen LogP contribution in [0.5, 0.6) is 5.75 Å². The van der Waals surface area contributed by atoms with Gasteiger partial charge >= 0.3 is 5.92 Å². The first-order chi connectivity index (χ1) is 10.8. The van der Waals surface area contributed by atoms with Crippen molar-refractivity contribution in [2.45, 2.75) is 32.8 Å². The molecule has 0 fully saturated rings. The van der Waals surface area contributed by atoms with Crippen LogP contribution in [0.4, 0.5) is 8.78 Å². The topological polar surface area (TPSA) is 92.8 Å². The zero-order valence-electron chi connectivity index (χ0n) is 12.9. The lowest BCUT2D eigenvalue weighted by Crippen LogP contribution is -2.36. The van der Waals surface area contributed by atoms with E-state index in [2.05, 4.69) is 25.5 Å². The number of aromatic amines is 1. The van der Waals surface area contributed by atoms with Crippen molar-refractivity contribution in [2.24, 2.45) is 0 Å². The maximum absolute atomic E-state index is 13.9. The molecule has 1 amide bonds. The molecule has 0 saturated carbocycles. The molecule has 0 aliphatic carbocycles. The van der Waals surface area contributed by atoms with Crippen LogP contribution in [-0.2, 0) is 5.92 Å². The van der Waals surface area contributed by atoms with E-state index in [0.717, 1.165) is 0 Å². The van der Waals surface area contributed by atoms with Gasteiger partial charge in [0.25, 0.3) is 5.91 Å². The quantitative estimate of drug-likeness (QED) is 0.845. The van der Waals surface area contributed by atoms with Gasteiger partial charge in [-0.1, -0.05) is 0 Å². The van der Waals surface area contributed by atoms with Crippen molar-refractivity contribution >= 4 is 5.91 Å². The van der Waals surface area contributed by atoms with E-state index in [0.29, 0.717) is 5.75 Å². The number of hydrogen-bond acceptors (Lipinski definition) is 5. The number of ether oxygens (including phenoxy) is 1. The highest BCUT2D eigenvalue weighted by Crippen LogP contribution is 2.23. The van der Waals surface area contributed by atoms with Crippen molar-refractivity contribution < 1.29 is 18.3 Å². The Balaban J connectivity index is 1.96. The molecule has 0 aliphatic heterocycles. The number of amides is 1. The summed E-state index contributed by atoms with van der Waals surface area (Å²) in [5.74, 6) is -3.98. The third-order valence-electron chi connectivity index (χ3n) is 2.74. The Morgan fingerprint density at radius 2 is 2.17 bits per heavy atom. The molecule has 0 radical (unpaired) electrons. The van der Waals surface area contributed by atoms with Crippen LogP contribution in [0.3, 0.4) is 0 Å². The highest BCUT2D eigenvalue weighted by atomic mass is 19.3. The number of rotatable bonds is 6. The van der Waals surface area contributed by atoms with Crippen molar-refractivity contribution in [3.63, 3.8) is 0 Å². The molecule has 0 aromatic carbocycles. The van der Waals surface area contributed by atoms with E-state index in [9.17, 15) is 13.6 Å². The number of H-pyrrole nitrogens is 1. The van der Waals surface area contributed by atoms with E-state index < -0.39 is 24.2 Å². The zero-order valence-corrected chi connectivity index (χ0v) is 12.9. The molecule has 0 spiro atoms. The summed E-state index contributed by atoms with van der Waals surface area (Å²) in [6, 6.07) is 2.96. The minimum Gasteiger partial charge on any atom is -0.489 e. The predicted molar refractivity (Wildman–Crippen MR) is 77.3 cm³/mol. The summed E-state index contributed by atoms with van der Waals surface area (Å²) in [5.41, 5.74) is 0.0167.